The third-order valence-corrected chi connectivity index (χ3v) is 2.26. The highest BCUT2D eigenvalue weighted by Crippen LogP contribution is 2.16. The topological polar surface area (TPSA) is 49.3 Å². The van der Waals surface area contributed by atoms with Gasteiger partial charge in [-0.05, 0) is 23.6 Å². The smallest absolute Gasteiger partial charge is 0.328 e. The van der Waals surface area contributed by atoms with Crippen molar-refractivity contribution < 1.29 is 9.90 Å². The van der Waals surface area contributed by atoms with Crippen LogP contribution in [0.2, 0.25) is 0 Å². The maximum atomic E-state index is 10.2. The second-order valence-corrected chi connectivity index (χ2v) is 3.90. The van der Waals surface area contributed by atoms with Crippen molar-refractivity contribution in [2.45, 2.75) is 19.8 Å². The number of benzene rings is 1. The Labute approximate surface area is 95.8 Å². The number of nitrogens with one attached hydrogen (secondary N) is 1. The molecule has 1 aromatic rings. The minimum Gasteiger partial charge on any atom is -0.478 e. The zero-order valence-electron chi connectivity index (χ0n) is 9.60. The third kappa shape index (κ3) is 4.17. The number of rotatable bonds is 5. The van der Waals surface area contributed by atoms with Crippen molar-refractivity contribution in [3.63, 3.8) is 0 Å². The lowest BCUT2D eigenvalue weighted by Gasteiger charge is -2.07. The molecule has 0 aromatic heterocycles. The Bertz CT molecular complexity index is 366. The van der Waals surface area contributed by atoms with Crippen molar-refractivity contribution in [3.05, 3.63) is 42.0 Å². The first-order valence-electron chi connectivity index (χ1n) is 5.33. The van der Waals surface area contributed by atoms with Crippen molar-refractivity contribution in [2.24, 2.45) is 0 Å². The first-order chi connectivity index (χ1) is 7.59. The van der Waals surface area contributed by atoms with Crippen LogP contribution in [0, 0.1) is 0 Å². The Balaban J connectivity index is 2.46. The van der Waals surface area contributed by atoms with Crippen molar-refractivity contribution >= 4 is 11.7 Å². The third-order valence-electron chi connectivity index (χ3n) is 2.26. The molecule has 1 rings (SSSR count). The average Bonchev–Trinajstić information content (AvgIpc) is 2.25. The summed E-state index contributed by atoms with van der Waals surface area (Å²) in [6, 6.07) is 8.16. The summed E-state index contributed by atoms with van der Waals surface area (Å²) in [4.78, 5) is 10.2. The Morgan fingerprint density at radius 3 is 2.50 bits per heavy atom. The van der Waals surface area contributed by atoms with Gasteiger partial charge in [0.25, 0.3) is 0 Å². The van der Waals surface area contributed by atoms with E-state index in [1.165, 1.54) is 5.56 Å². The molecule has 0 saturated heterocycles. The van der Waals surface area contributed by atoms with Gasteiger partial charge >= 0.3 is 5.97 Å². The van der Waals surface area contributed by atoms with Gasteiger partial charge < -0.3 is 10.4 Å². The predicted octanol–water partition coefficient (Wildman–Crippen LogP) is 2.86. The molecule has 0 unspecified atom stereocenters. The standard InChI is InChI=1S/C13H17NO2/c1-10(2)11-5-7-12(8-6-11)14-9-3-4-13(15)16/h3-8,10,14H,9H2,1-2H3,(H,15,16)/b4-3+. The second kappa shape index (κ2) is 5.95. The quantitative estimate of drug-likeness (QED) is 0.749. The van der Waals surface area contributed by atoms with E-state index in [1.54, 1.807) is 6.08 Å². The summed E-state index contributed by atoms with van der Waals surface area (Å²) < 4.78 is 0. The highest BCUT2D eigenvalue weighted by Gasteiger charge is 1.97. The van der Waals surface area contributed by atoms with Gasteiger partial charge in [-0.2, -0.15) is 0 Å². The van der Waals surface area contributed by atoms with Crippen LogP contribution in [0.5, 0.6) is 0 Å². The monoisotopic (exact) mass is 219 g/mol. The summed E-state index contributed by atoms with van der Waals surface area (Å²) >= 11 is 0. The lowest BCUT2D eigenvalue weighted by atomic mass is 10.0. The molecule has 0 saturated carbocycles. The van der Waals surface area contributed by atoms with Crippen LogP contribution in [-0.2, 0) is 4.79 Å². The number of carbonyl (C=O) groups is 1. The van der Waals surface area contributed by atoms with E-state index in [9.17, 15) is 4.79 Å². The van der Waals surface area contributed by atoms with Gasteiger partial charge in [-0.15, -0.1) is 0 Å². The van der Waals surface area contributed by atoms with E-state index in [2.05, 4.69) is 31.3 Å². The van der Waals surface area contributed by atoms with Gasteiger partial charge in [-0.3, -0.25) is 0 Å². The highest BCUT2D eigenvalue weighted by molar-refractivity contribution is 5.79. The summed E-state index contributed by atoms with van der Waals surface area (Å²) in [5.41, 5.74) is 2.30. The highest BCUT2D eigenvalue weighted by atomic mass is 16.4. The van der Waals surface area contributed by atoms with Crippen molar-refractivity contribution in [3.8, 4) is 0 Å². The maximum absolute atomic E-state index is 10.2. The van der Waals surface area contributed by atoms with E-state index >= 15 is 0 Å². The molecule has 1 aromatic carbocycles. The molecule has 86 valence electrons. The Morgan fingerprint density at radius 2 is 2.00 bits per heavy atom. The first-order valence-corrected chi connectivity index (χ1v) is 5.33. The molecule has 16 heavy (non-hydrogen) atoms. The van der Waals surface area contributed by atoms with Crippen LogP contribution in [0.4, 0.5) is 5.69 Å². The lowest BCUT2D eigenvalue weighted by Crippen LogP contribution is -1.99. The summed E-state index contributed by atoms with van der Waals surface area (Å²) in [5, 5.41) is 11.5. The van der Waals surface area contributed by atoms with Crippen LogP contribution < -0.4 is 5.32 Å². The molecular weight excluding hydrogens is 202 g/mol. The summed E-state index contributed by atoms with van der Waals surface area (Å²) in [5.74, 6) is -0.391. The maximum Gasteiger partial charge on any atom is 0.328 e. The van der Waals surface area contributed by atoms with Gasteiger partial charge in [0.1, 0.15) is 0 Å². The molecule has 0 atom stereocenters. The minimum atomic E-state index is -0.919. The number of anilines is 1. The number of carboxylic acid groups (broad SMARTS) is 1. The van der Waals surface area contributed by atoms with Crippen LogP contribution in [0.3, 0.4) is 0 Å². The van der Waals surface area contributed by atoms with E-state index in [0.717, 1.165) is 11.8 Å². The minimum absolute atomic E-state index is 0.521. The van der Waals surface area contributed by atoms with E-state index in [0.29, 0.717) is 12.5 Å². The van der Waals surface area contributed by atoms with Crippen molar-refractivity contribution in [1.29, 1.82) is 0 Å². The van der Waals surface area contributed by atoms with Gasteiger partial charge in [0.05, 0.1) is 0 Å². The van der Waals surface area contributed by atoms with Gasteiger partial charge in [0.15, 0.2) is 0 Å². The molecular formula is C13H17NO2. The number of aliphatic carboxylic acids is 1. The normalized spacial score (nSPS) is 10.9. The van der Waals surface area contributed by atoms with Crippen LogP contribution in [-0.4, -0.2) is 17.6 Å². The fraction of sp³-hybridized carbons (Fsp3) is 0.308. The largest absolute Gasteiger partial charge is 0.478 e. The number of hydrogen-bond acceptors (Lipinski definition) is 2. The van der Waals surface area contributed by atoms with E-state index in [1.807, 2.05) is 12.1 Å². The zero-order chi connectivity index (χ0) is 12.0. The predicted molar refractivity (Wildman–Crippen MR) is 65.8 cm³/mol. The molecule has 0 aliphatic heterocycles. The number of hydrogen-bond donors (Lipinski definition) is 2. The molecule has 0 heterocycles. The van der Waals surface area contributed by atoms with E-state index in [-0.39, 0.29) is 0 Å². The molecule has 0 spiro atoms. The molecule has 0 aliphatic rings. The molecule has 0 aliphatic carbocycles. The Morgan fingerprint density at radius 1 is 1.38 bits per heavy atom. The fourth-order valence-corrected chi connectivity index (χ4v) is 1.32. The molecule has 2 N–H and O–H groups in total. The number of carboxylic acids is 1. The van der Waals surface area contributed by atoms with Crippen LogP contribution in [0.15, 0.2) is 36.4 Å². The van der Waals surface area contributed by atoms with E-state index < -0.39 is 5.97 Å². The first kappa shape index (κ1) is 12.3. The summed E-state index contributed by atoms with van der Waals surface area (Å²) in [6.45, 7) is 4.82. The molecule has 0 radical (unpaired) electrons. The van der Waals surface area contributed by atoms with Gasteiger partial charge in [0.2, 0.25) is 0 Å². The second-order valence-electron chi connectivity index (χ2n) is 3.90. The summed E-state index contributed by atoms with van der Waals surface area (Å²) in [7, 11) is 0. The van der Waals surface area contributed by atoms with E-state index in [4.69, 9.17) is 5.11 Å². The van der Waals surface area contributed by atoms with Crippen molar-refractivity contribution in [1.82, 2.24) is 0 Å². The molecule has 3 nitrogen and oxygen atoms in total. The van der Waals surface area contributed by atoms with Crippen LogP contribution in [0.25, 0.3) is 0 Å². The van der Waals surface area contributed by atoms with Gasteiger partial charge in [-0.25, -0.2) is 4.79 Å². The molecule has 0 amide bonds. The Hall–Kier alpha value is -1.77. The Kier molecular flexibility index (Phi) is 4.58. The molecule has 3 heteroatoms. The molecule has 0 fully saturated rings. The molecule has 0 bridgehead atoms. The van der Waals surface area contributed by atoms with Crippen molar-refractivity contribution in [2.75, 3.05) is 11.9 Å². The average molecular weight is 219 g/mol. The zero-order valence-corrected chi connectivity index (χ0v) is 9.60. The summed E-state index contributed by atoms with van der Waals surface area (Å²) in [6.07, 6.45) is 2.72. The van der Waals surface area contributed by atoms with Gasteiger partial charge in [0, 0.05) is 18.3 Å². The fourth-order valence-electron chi connectivity index (χ4n) is 1.32. The van der Waals surface area contributed by atoms with Crippen LogP contribution in [0.1, 0.15) is 25.3 Å². The van der Waals surface area contributed by atoms with Gasteiger partial charge in [-0.1, -0.05) is 32.1 Å². The lowest BCUT2D eigenvalue weighted by molar-refractivity contribution is -0.131. The SMILES string of the molecule is CC(C)c1ccc(NC/C=C/C(=O)O)cc1. The van der Waals surface area contributed by atoms with Crippen LogP contribution >= 0.6 is 0 Å².